The summed E-state index contributed by atoms with van der Waals surface area (Å²) in [5, 5.41) is 9.15. The molecule has 1 atom stereocenters. The normalized spacial score (nSPS) is 15.3. The lowest BCUT2D eigenvalue weighted by Gasteiger charge is -2.11. The summed E-state index contributed by atoms with van der Waals surface area (Å²) >= 11 is 1.54. The summed E-state index contributed by atoms with van der Waals surface area (Å²) < 4.78 is 0. The SMILES string of the molecule is Cc1ccc2c(c1)C[C@@H](C(=O)NCCc1csc(-c3cnccn3)n1)N2. The van der Waals surface area contributed by atoms with Gasteiger partial charge < -0.3 is 10.6 Å². The smallest absolute Gasteiger partial charge is 0.242 e. The van der Waals surface area contributed by atoms with Crippen molar-refractivity contribution in [2.24, 2.45) is 0 Å². The second-order valence-electron chi connectivity index (χ2n) is 6.34. The van der Waals surface area contributed by atoms with Gasteiger partial charge >= 0.3 is 0 Å². The number of anilines is 1. The highest BCUT2D eigenvalue weighted by Crippen LogP contribution is 2.26. The molecule has 6 nitrogen and oxygen atoms in total. The number of rotatable bonds is 5. The van der Waals surface area contributed by atoms with Gasteiger partial charge in [-0.05, 0) is 18.6 Å². The van der Waals surface area contributed by atoms with Crippen LogP contribution in [0.4, 0.5) is 5.69 Å². The number of amides is 1. The Hall–Kier alpha value is -2.80. The molecular formula is C19H19N5OS. The fourth-order valence-electron chi connectivity index (χ4n) is 3.04. The molecule has 2 aromatic heterocycles. The topological polar surface area (TPSA) is 79.8 Å². The molecule has 0 unspecified atom stereocenters. The molecule has 0 saturated heterocycles. The van der Waals surface area contributed by atoms with Crippen molar-refractivity contribution in [2.45, 2.75) is 25.8 Å². The predicted molar refractivity (Wildman–Crippen MR) is 102 cm³/mol. The summed E-state index contributed by atoms with van der Waals surface area (Å²) in [5.41, 5.74) is 5.21. The van der Waals surface area contributed by atoms with Crippen molar-refractivity contribution in [3.8, 4) is 10.7 Å². The number of aromatic nitrogens is 3. The fourth-order valence-corrected chi connectivity index (χ4v) is 3.85. The fraction of sp³-hybridized carbons (Fsp3) is 0.263. The standard InChI is InChI=1S/C19H19N5OS/c1-12-2-3-15-13(8-12)9-16(24-15)18(25)22-5-4-14-11-26-19(23-14)17-10-20-6-7-21-17/h2-3,6-8,10-11,16,24H,4-5,9H2,1H3,(H,22,25)/t16-/m0/s1. The first kappa shape index (κ1) is 16.7. The number of benzene rings is 1. The third-order valence-corrected chi connectivity index (χ3v) is 5.26. The average Bonchev–Trinajstić information content (AvgIpc) is 3.29. The van der Waals surface area contributed by atoms with E-state index in [0.717, 1.165) is 28.5 Å². The summed E-state index contributed by atoms with van der Waals surface area (Å²) in [7, 11) is 0. The molecule has 0 spiro atoms. The van der Waals surface area contributed by atoms with E-state index in [-0.39, 0.29) is 11.9 Å². The highest BCUT2D eigenvalue weighted by atomic mass is 32.1. The number of hydrogen-bond donors (Lipinski definition) is 2. The minimum absolute atomic E-state index is 0.0308. The van der Waals surface area contributed by atoms with Gasteiger partial charge in [-0.3, -0.25) is 14.8 Å². The zero-order valence-electron chi connectivity index (χ0n) is 14.4. The second-order valence-corrected chi connectivity index (χ2v) is 7.20. The van der Waals surface area contributed by atoms with Crippen LogP contribution in [0.15, 0.2) is 42.2 Å². The van der Waals surface area contributed by atoms with Crippen LogP contribution in [0.3, 0.4) is 0 Å². The molecule has 0 fully saturated rings. The third kappa shape index (κ3) is 3.57. The molecule has 0 radical (unpaired) electrons. The highest BCUT2D eigenvalue weighted by molar-refractivity contribution is 7.13. The molecule has 7 heteroatoms. The molecule has 26 heavy (non-hydrogen) atoms. The number of nitrogens with zero attached hydrogens (tertiary/aromatic N) is 3. The van der Waals surface area contributed by atoms with Gasteiger partial charge in [0.05, 0.1) is 11.9 Å². The first-order chi connectivity index (χ1) is 12.7. The number of hydrogen-bond acceptors (Lipinski definition) is 6. The van der Waals surface area contributed by atoms with E-state index in [9.17, 15) is 4.79 Å². The molecule has 4 rings (SSSR count). The second kappa shape index (κ2) is 7.21. The Morgan fingerprint density at radius 3 is 3.15 bits per heavy atom. The number of nitrogens with one attached hydrogen (secondary N) is 2. The lowest BCUT2D eigenvalue weighted by molar-refractivity contribution is -0.121. The minimum atomic E-state index is -0.197. The van der Waals surface area contributed by atoms with Crippen LogP contribution in [0.2, 0.25) is 0 Å². The number of aryl methyl sites for hydroxylation is 1. The number of thiazole rings is 1. The van der Waals surface area contributed by atoms with Crippen LogP contribution in [0, 0.1) is 6.92 Å². The largest absolute Gasteiger partial charge is 0.373 e. The number of carbonyl (C=O) groups excluding carboxylic acids is 1. The van der Waals surface area contributed by atoms with Crippen LogP contribution in [-0.2, 0) is 17.6 Å². The summed E-state index contributed by atoms with van der Waals surface area (Å²) in [6, 6.07) is 6.04. The van der Waals surface area contributed by atoms with Crippen molar-refractivity contribution in [2.75, 3.05) is 11.9 Å². The first-order valence-corrected chi connectivity index (χ1v) is 9.41. The first-order valence-electron chi connectivity index (χ1n) is 8.53. The van der Waals surface area contributed by atoms with E-state index < -0.39 is 0 Å². The number of carbonyl (C=O) groups is 1. The van der Waals surface area contributed by atoms with Crippen molar-refractivity contribution in [3.63, 3.8) is 0 Å². The van der Waals surface area contributed by atoms with Gasteiger partial charge in [0.2, 0.25) is 5.91 Å². The van der Waals surface area contributed by atoms with Gasteiger partial charge in [0.1, 0.15) is 16.7 Å². The molecule has 132 valence electrons. The van der Waals surface area contributed by atoms with Crippen LogP contribution in [0.25, 0.3) is 10.7 Å². The van der Waals surface area contributed by atoms with E-state index in [0.29, 0.717) is 13.0 Å². The summed E-state index contributed by atoms with van der Waals surface area (Å²) in [6.07, 6.45) is 6.43. The highest BCUT2D eigenvalue weighted by Gasteiger charge is 2.26. The van der Waals surface area contributed by atoms with Crippen LogP contribution in [0.1, 0.15) is 16.8 Å². The zero-order chi connectivity index (χ0) is 17.9. The Balaban J connectivity index is 1.29. The minimum Gasteiger partial charge on any atom is -0.373 e. The average molecular weight is 365 g/mol. The molecule has 2 N–H and O–H groups in total. The lowest BCUT2D eigenvalue weighted by Crippen LogP contribution is -2.39. The van der Waals surface area contributed by atoms with Gasteiger partial charge in [0.25, 0.3) is 0 Å². The Labute approximate surface area is 155 Å². The van der Waals surface area contributed by atoms with Gasteiger partial charge in [-0.25, -0.2) is 4.98 Å². The molecule has 1 aliphatic heterocycles. The van der Waals surface area contributed by atoms with Crippen LogP contribution >= 0.6 is 11.3 Å². The maximum Gasteiger partial charge on any atom is 0.242 e. The van der Waals surface area contributed by atoms with Crippen molar-refractivity contribution >= 4 is 22.9 Å². The summed E-state index contributed by atoms with van der Waals surface area (Å²) in [6.45, 7) is 2.63. The lowest BCUT2D eigenvalue weighted by atomic mass is 10.1. The molecule has 1 amide bonds. The summed E-state index contributed by atoms with van der Waals surface area (Å²) in [4.78, 5) is 25.3. The van der Waals surface area contributed by atoms with E-state index in [1.807, 2.05) is 11.4 Å². The van der Waals surface area contributed by atoms with Crippen LogP contribution < -0.4 is 10.6 Å². The van der Waals surface area contributed by atoms with Crippen LogP contribution in [-0.4, -0.2) is 33.4 Å². The van der Waals surface area contributed by atoms with E-state index >= 15 is 0 Å². The van der Waals surface area contributed by atoms with Gasteiger partial charge in [0, 0.05) is 42.8 Å². The predicted octanol–water partition coefficient (Wildman–Crippen LogP) is 2.60. The molecule has 0 aliphatic carbocycles. The molecule has 0 saturated carbocycles. The Morgan fingerprint density at radius 1 is 1.38 bits per heavy atom. The monoisotopic (exact) mass is 365 g/mol. The van der Waals surface area contributed by atoms with Gasteiger partial charge in [0.15, 0.2) is 0 Å². The Kier molecular flexibility index (Phi) is 4.62. The maximum atomic E-state index is 12.4. The molecular weight excluding hydrogens is 346 g/mol. The summed E-state index contributed by atoms with van der Waals surface area (Å²) in [5.74, 6) is 0.0308. The molecule has 1 aliphatic rings. The zero-order valence-corrected chi connectivity index (χ0v) is 15.2. The van der Waals surface area contributed by atoms with Crippen molar-refractivity contribution in [3.05, 3.63) is 59.0 Å². The van der Waals surface area contributed by atoms with Gasteiger partial charge in [-0.1, -0.05) is 17.7 Å². The Morgan fingerprint density at radius 2 is 2.31 bits per heavy atom. The van der Waals surface area contributed by atoms with E-state index in [1.165, 1.54) is 11.1 Å². The van der Waals surface area contributed by atoms with E-state index in [4.69, 9.17) is 0 Å². The van der Waals surface area contributed by atoms with E-state index in [2.05, 4.69) is 44.6 Å². The molecule has 3 heterocycles. The third-order valence-electron chi connectivity index (χ3n) is 4.35. The van der Waals surface area contributed by atoms with Gasteiger partial charge in [-0.15, -0.1) is 11.3 Å². The quantitative estimate of drug-likeness (QED) is 0.726. The van der Waals surface area contributed by atoms with Crippen LogP contribution in [0.5, 0.6) is 0 Å². The molecule has 1 aromatic carbocycles. The molecule has 0 bridgehead atoms. The van der Waals surface area contributed by atoms with E-state index in [1.54, 1.807) is 29.9 Å². The maximum absolute atomic E-state index is 12.4. The van der Waals surface area contributed by atoms with Crippen molar-refractivity contribution in [1.82, 2.24) is 20.3 Å². The van der Waals surface area contributed by atoms with Crippen molar-refractivity contribution < 1.29 is 4.79 Å². The number of fused-ring (bicyclic) bond motifs is 1. The van der Waals surface area contributed by atoms with Crippen molar-refractivity contribution in [1.29, 1.82) is 0 Å². The Bertz CT molecular complexity index is 925. The van der Waals surface area contributed by atoms with Gasteiger partial charge in [-0.2, -0.15) is 0 Å². The molecule has 3 aromatic rings.